The molecule has 0 spiro atoms. The van der Waals surface area contributed by atoms with Gasteiger partial charge < -0.3 is 4.42 Å². The monoisotopic (exact) mass is 448 g/mol. The highest BCUT2D eigenvalue weighted by molar-refractivity contribution is 7.15. The van der Waals surface area contributed by atoms with Crippen molar-refractivity contribution in [1.29, 1.82) is 0 Å². The van der Waals surface area contributed by atoms with Crippen molar-refractivity contribution in [3.63, 3.8) is 0 Å². The quantitative estimate of drug-likeness (QED) is 0.339. The lowest BCUT2D eigenvalue weighted by Crippen LogP contribution is -2.29. The summed E-state index contributed by atoms with van der Waals surface area (Å²) in [5.41, 5.74) is 1.24. The second-order valence-electron chi connectivity index (χ2n) is 7.44. The fraction of sp³-hybridized carbons (Fsp3) is 0.182. The maximum Gasteiger partial charge on any atom is 0.297 e. The summed E-state index contributed by atoms with van der Waals surface area (Å²) in [6, 6.07) is 10.1. The first kappa shape index (κ1) is 20.0. The zero-order valence-electron chi connectivity index (χ0n) is 17.1. The van der Waals surface area contributed by atoms with Crippen LogP contribution in [-0.4, -0.2) is 21.0 Å². The third kappa shape index (κ3) is 2.99. The third-order valence-corrected chi connectivity index (χ3v) is 6.45. The number of carbonyl (C=O) groups is 1. The maximum absolute atomic E-state index is 13.6. The van der Waals surface area contributed by atoms with E-state index in [1.54, 1.807) is 24.3 Å². The van der Waals surface area contributed by atoms with Crippen LogP contribution in [0.2, 0.25) is 0 Å². The molecule has 1 aliphatic rings. The number of nitrogens with zero attached hydrogens (tertiary/aromatic N) is 4. The van der Waals surface area contributed by atoms with Crippen LogP contribution < -0.4 is 10.3 Å². The van der Waals surface area contributed by atoms with Crippen LogP contribution in [-0.2, 0) is 6.42 Å². The average molecular weight is 448 g/mol. The van der Waals surface area contributed by atoms with E-state index in [1.807, 2.05) is 13.8 Å². The van der Waals surface area contributed by atoms with Crippen molar-refractivity contribution in [2.75, 3.05) is 4.90 Å². The molecule has 1 aliphatic heterocycles. The minimum atomic E-state index is -0.920. The van der Waals surface area contributed by atoms with Gasteiger partial charge in [0, 0.05) is 12.1 Å². The molecule has 0 N–H and O–H groups in total. The van der Waals surface area contributed by atoms with Crippen LogP contribution in [0.3, 0.4) is 0 Å². The van der Waals surface area contributed by atoms with Gasteiger partial charge in [-0.2, -0.15) is 0 Å². The van der Waals surface area contributed by atoms with Gasteiger partial charge in [-0.25, -0.2) is 0 Å². The van der Waals surface area contributed by atoms with Crippen LogP contribution in [0, 0.1) is 17.0 Å². The van der Waals surface area contributed by atoms with Gasteiger partial charge in [-0.3, -0.25) is 24.6 Å². The van der Waals surface area contributed by atoms with E-state index in [2.05, 4.69) is 10.2 Å². The molecule has 0 fully saturated rings. The first-order valence-electron chi connectivity index (χ1n) is 9.86. The van der Waals surface area contributed by atoms with Gasteiger partial charge in [-0.15, -0.1) is 10.2 Å². The first-order valence-corrected chi connectivity index (χ1v) is 10.7. The molecule has 1 unspecified atom stereocenters. The van der Waals surface area contributed by atoms with E-state index in [-0.39, 0.29) is 22.4 Å². The smallest absolute Gasteiger partial charge is 0.297 e. The van der Waals surface area contributed by atoms with Crippen molar-refractivity contribution in [2.24, 2.45) is 0 Å². The molecule has 1 atom stereocenters. The number of aryl methyl sites for hydroxylation is 2. The first-order chi connectivity index (χ1) is 15.4. The molecule has 4 aromatic rings. The Morgan fingerprint density at radius 1 is 1.19 bits per heavy atom. The van der Waals surface area contributed by atoms with E-state index in [0.29, 0.717) is 28.1 Å². The number of non-ortho nitro benzene ring substituents is 1. The largest absolute Gasteiger partial charge is 0.450 e. The van der Waals surface area contributed by atoms with Gasteiger partial charge >= 0.3 is 0 Å². The van der Waals surface area contributed by atoms with E-state index in [0.717, 1.165) is 10.6 Å². The van der Waals surface area contributed by atoms with E-state index >= 15 is 0 Å². The van der Waals surface area contributed by atoms with Gasteiger partial charge in [0.2, 0.25) is 10.9 Å². The number of nitro groups is 1. The van der Waals surface area contributed by atoms with Gasteiger partial charge in [0.05, 0.1) is 21.9 Å². The minimum Gasteiger partial charge on any atom is -0.450 e. The van der Waals surface area contributed by atoms with E-state index < -0.39 is 16.9 Å². The highest BCUT2D eigenvalue weighted by Crippen LogP contribution is 2.42. The minimum absolute atomic E-state index is 0.0869. The molecule has 0 saturated carbocycles. The highest BCUT2D eigenvalue weighted by atomic mass is 32.1. The Morgan fingerprint density at radius 3 is 2.72 bits per heavy atom. The van der Waals surface area contributed by atoms with Crippen molar-refractivity contribution in [1.82, 2.24) is 10.2 Å². The summed E-state index contributed by atoms with van der Waals surface area (Å²) >= 11 is 1.23. The lowest BCUT2D eigenvalue weighted by Gasteiger charge is -2.21. The van der Waals surface area contributed by atoms with Crippen molar-refractivity contribution in [3.8, 4) is 0 Å². The molecule has 10 heteroatoms. The van der Waals surface area contributed by atoms with Crippen molar-refractivity contribution < 1.29 is 14.1 Å². The molecule has 32 heavy (non-hydrogen) atoms. The Balaban J connectivity index is 1.81. The predicted molar refractivity (Wildman–Crippen MR) is 118 cm³/mol. The van der Waals surface area contributed by atoms with Gasteiger partial charge in [-0.05, 0) is 31.0 Å². The fourth-order valence-corrected chi connectivity index (χ4v) is 4.70. The number of benzene rings is 2. The molecule has 0 saturated heterocycles. The Bertz CT molecular complexity index is 1470. The molecule has 0 bridgehead atoms. The van der Waals surface area contributed by atoms with Crippen LogP contribution in [0.1, 0.15) is 45.2 Å². The number of carbonyl (C=O) groups excluding carboxylic acids is 1. The molecule has 2 aromatic carbocycles. The van der Waals surface area contributed by atoms with Crippen LogP contribution in [0.5, 0.6) is 0 Å². The molecule has 160 valence electrons. The van der Waals surface area contributed by atoms with Gasteiger partial charge in [0.25, 0.3) is 11.6 Å². The normalized spacial score (nSPS) is 15.4. The van der Waals surface area contributed by atoms with Crippen molar-refractivity contribution in [2.45, 2.75) is 26.3 Å². The number of hydrogen-bond donors (Lipinski definition) is 0. The second kappa shape index (κ2) is 7.34. The molecule has 9 nitrogen and oxygen atoms in total. The van der Waals surface area contributed by atoms with Crippen LogP contribution in [0.15, 0.2) is 51.7 Å². The lowest BCUT2D eigenvalue weighted by molar-refractivity contribution is -0.384. The summed E-state index contributed by atoms with van der Waals surface area (Å²) in [7, 11) is 0. The summed E-state index contributed by atoms with van der Waals surface area (Å²) in [6.07, 6.45) is 0.633. The lowest BCUT2D eigenvalue weighted by atomic mass is 9.98. The zero-order valence-corrected chi connectivity index (χ0v) is 17.9. The summed E-state index contributed by atoms with van der Waals surface area (Å²) in [4.78, 5) is 39.2. The van der Waals surface area contributed by atoms with E-state index in [4.69, 9.17) is 4.42 Å². The Kier molecular flexibility index (Phi) is 4.59. The van der Waals surface area contributed by atoms with E-state index in [1.165, 1.54) is 34.4 Å². The Labute approximate surface area is 185 Å². The summed E-state index contributed by atoms with van der Waals surface area (Å²) in [5.74, 6) is -0.619. The molecule has 0 radical (unpaired) electrons. The van der Waals surface area contributed by atoms with Gasteiger partial charge in [0.1, 0.15) is 10.6 Å². The zero-order chi connectivity index (χ0) is 22.6. The predicted octanol–water partition coefficient (Wildman–Crippen LogP) is 4.17. The Hall–Kier alpha value is -3.92. The Morgan fingerprint density at radius 2 is 2.00 bits per heavy atom. The van der Waals surface area contributed by atoms with Gasteiger partial charge in [0.15, 0.2) is 5.43 Å². The highest BCUT2D eigenvalue weighted by Gasteiger charge is 2.45. The number of rotatable bonds is 4. The van der Waals surface area contributed by atoms with Crippen molar-refractivity contribution in [3.05, 3.63) is 90.3 Å². The van der Waals surface area contributed by atoms with E-state index in [9.17, 15) is 19.7 Å². The standard InChI is InChI=1S/C22H16N4O5S/c1-3-16-23-24-22(32-16)25-18(12-5-4-6-13(10-12)26(29)30)17-19(27)14-9-11(2)7-8-15(14)31-20(17)21(25)28/h4-10,18H,3H2,1-2H3. The number of aromatic nitrogens is 2. The molecule has 0 aliphatic carbocycles. The number of hydrogen-bond acceptors (Lipinski definition) is 8. The van der Waals surface area contributed by atoms with Crippen LogP contribution >= 0.6 is 11.3 Å². The molecule has 1 amide bonds. The second-order valence-corrected chi connectivity index (χ2v) is 8.48. The molecule has 2 aromatic heterocycles. The SMILES string of the molecule is CCc1nnc(N2C(=O)c3oc4ccc(C)cc4c(=O)c3C2c2cccc([N+](=O)[O-])c2)s1. The molecule has 5 rings (SSSR count). The summed E-state index contributed by atoms with van der Waals surface area (Å²) in [6.45, 7) is 3.78. The number of fused-ring (bicyclic) bond motifs is 2. The third-order valence-electron chi connectivity index (χ3n) is 5.39. The number of amides is 1. The number of nitro benzene ring substituents is 1. The summed E-state index contributed by atoms with van der Waals surface area (Å²) < 4.78 is 5.90. The molecular formula is C22H16N4O5S. The maximum atomic E-state index is 13.6. The van der Waals surface area contributed by atoms with Crippen LogP contribution in [0.25, 0.3) is 11.0 Å². The molecular weight excluding hydrogens is 432 g/mol. The van der Waals surface area contributed by atoms with Crippen molar-refractivity contribution >= 4 is 39.0 Å². The fourth-order valence-electron chi connectivity index (χ4n) is 3.89. The average Bonchev–Trinajstić information content (AvgIpc) is 3.37. The van der Waals surface area contributed by atoms with Gasteiger partial charge in [-0.1, -0.05) is 42.0 Å². The van der Waals surface area contributed by atoms with Crippen LogP contribution in [0.4, 0.5) is 10.8 Å². The number of anilines is 1. The summed E-state index contributed by atoms with van der Waals surface area (Å²) in [5, 5.41) is 21.0. The topological polar surface area (TPSA) is 119 Å². The molecule has 3 heterocycles.